The van der Waals surface area contributed by atoms with Crippen molar-refractivity contribution < 1.29 is 17.9 Å². The molecule has 134 valence electrons. The lowest BCUT2D eigenvalue weighted by atomic mass is 9.86. The second-order valence-corrected chi connectivity index (χ2v) is 8.93. The van der Waals surface area contributed by atoms with Crippen molar-refractivity contribution >= 4 is 10.2 Å². The highest BCUT2D eigenvalue weighted by Crippen LogP contribution is 2.37. The standard InChI is InChI=1S/C16H25N3O4S/c1-13-5-4-6-14(17-13)10-22-15-7-8-23-16(9-15)11-19(12-16)24(20,21)18(2)3/h4-6,15H,7-12H2,1-3H3/t15-/m0/s1. The van der Waals surface area contributed by atoms with Crippen LogP contribution >= 0.6 is 0 Å². The van der Waals surface area contributed by atoms with Gasteiger partial charge in [-0.1, -0.05) is 6.07 Å². The molecule has 2 fully saturated rings. The number of hydrogen-bond acceptors (Lipinski definition) is 5. The molecule has 8 heteroatoms. The van der Waals surface area contributed by atoms with Crippen LogP contribution in [0.5, 0.6) is 0 Å². The van der Waals surface area contributed by atoms with Gasteiger partial charge in [0.05, 0.1) is 24.0 Å². The molecule has 0 aliphatic carbocycles. The quantitative estimate of drug-likeness (QED) is 0.786. The predicted octanol–water partition coefficient (Wildman–Crippen LogP) is 0.946. The van der Waals surface area contributed by atoms with Crippen molar-refractivity contribution in [3.63, 3.8) is 0 Å². The smallest absolute Gasteiger partial charge is 0.281 e. The lowest BCUT2D eigenvalue weighted by molar-refractivity contribution is -0.181. The van der Waals surface area contributed by atoms with E-state index >= 15 is 0 Å². The van der Waals surface area contributed by atoms with E-state index in [-0.39, 0.29) is 6.10 Å². The summed E-state index contributed by atoms with van der Waals surface area (Å²) in [6.07, 6.45) is 1.62. The minimum Gasteiger partial charge on any atom is -0.372 e. The molecule has 2 saturated heterocycles. The van der Waals surface area contributed by atoms with Gasteiger partial charge in [-0.3, -0.25) is 4.98 Å². The van der Waals surface area contributed by atoms with Gasteiger partial charge in [-0.25, -0.2) is 0 Å². The van der Waals surface area contributed by atoms with Gasteiger partial charge in [-0.15, -0.1) is 0 Å². The molecule has 0 N–H and O–H groups in total. The Bertz CT molecular complexity index is 686. The second kappa shape index (κ2) is 6.68. The zero-order valence-electron chi connectivity index (χ0n) is 14.4. The number of nitrogens with zero attached hydrogens (tertiary/aromatic N) is 3. The Morgan fingerprint density at radius 3 is 2.83 bits per heavy atom. The minimum atomic E-state index is -3.36. The summed E-state index contributed by atoms with van der Waals surface area (Å²) < 4.78 is 38.8. The van der Waals surface area contributed by atoms with E-state index in [0.29, 0.717) is 26.3 Å². The van der Waals surface area contributed by atoms with E-state index in [2.05, 4.69) is 4.98 Å². The summed E-state index contributed by atoms with van der Waals surface area (Å²) in [5.74, 6) is 0. The summed E-state index contributed by atoms with van der Waals surface area (Å²) in [7, 11) is -0.268. The number of pyridine rings is 1. The highest BCUT2D eigenvalue weighted by molar-refractivity contribution is 7.86. The van der Waals surface area contributed by atoms with E-state index in [9.17, 15) is 8.42 Å². The van der Waals surface area contributed by atoms with Crippen molar-refractivity contribution in [1.29, 1.82) is 0 Å². The fraction of sp³-hybridized carbons (Fsp3) is 0.688. The summed E-state index contributed by atoms with van der Waals surface area (Å²) in [5, 5.41) is 0. The molecule has 24 heavy (non-hydrogen) atoms. The van der Waals surface area contributed by atoms with Crippen LogP contribution in [0.4, 0.5) is 0 Å². The van der Waals surface area contributed by atoms with Gasteiger partial charge in [-0.2, -0.15) is 17.0 Å². The molecule has 2 aliphatic heterocycles. The van der Waals surface area contributed by atoms with Crippen LogP contribution in [0.15, 0.2) is 18.2 Å². The average Bonchev–Trinajstić information content (AvgIpc) is 2.50. The SMILES string of the molecule is Cc1cccc(CO[C@H]2CCOC3(C2)CN(S(=O)(=O)N(C)C)C3)n1. The molecule has 3 heterocycles. The second-order valence-electron chi connectivity index (χ2n) is 6.79. The van der Waals surface area contributed by atoms with Crippen LogP contribution in [0.2, 0.25) is 0 Å². The van der Waals surface area contributed by atoms with Crippen LogP contribution in [0.25, 0.3) is 0 Å². The molecule has 1 atom stereocenters. The molecular weight excluding hydrogens is 330 g/mol. The van der Waals surface area contributed by atoms with Gasteiger partial charge in [0, 0.05) is 45.9 Å². The van der Waals surface area contributed by atoms with E-state index < -0.39 is 15.8 Å². The fourth-order valence-electron chi connectivity index (χ4n) is 3.22. The fourth-order valence-corrected chi connectivity index (χ4v) is 4.48. The highest BCUT2D eigenvalue weighted by Gasteiger charge is 2.52. The molecule has 0 unspecified atom stereocenters. The van der Waals surface area contributed by atoms with Gasteiger partial charge in [0.15, 0.2) is 0 Å². The molecule has 2 aliphatic rings. The van der Waals surface area contributed by atoms with Crippen LogP contribution in [0.3, 0.4) is 0 Å². The Balaban J connectivity index is 1.54. The maximum Gasteiger partial charge on any atom is 0.281 e. The van der Waals surface area contributed by atoms with Crippen molar-refractivity contribution in [2.24, 2.45) is 0 Å². The molecule has 0 aromatic carbocycles. The topological polar surface area (TPSA) is 72.0 Å². The van der Waals surface area contributed by atoms with Crippen molar-refractivity contribution in [2.45, 2.75) is 38.1 Å². The zero-order valence-corrected chi connectivity index (χ0v) is 15.3. The van der Waals surface area contributed by atoms with Gasteiger partial charge >= 0.3 is 0 Å². The molecular formula is C16H25N3O4S. The van der Waals surface area contributed by atoms with Crippen LogP contribution in [0, 0.1) is 6.92 Å². The van der Waals surface area contributed by atoms with Gasteiger partial charge in [0.25, 0.3) is 10.2 Å². The monoisotopic (exact) mass is 355 g/mol. The minimum absolute atomic E-state index is 0.0743. The van der Waals surface area contributed by atoms with E-state index in [1.54, 1.807) is 14.1 Å². The zero-order chi connectivity index (χ0) is 17.4. The third-order valence-corrected chi connectivity index (χ3v) is 6.41. The Labute approximate surface area is 143 Å². The first-order chi connectivity index (χ1) is 11.3. The first kappa shape index (κ1) is 17.8. The number of hydrogen-bond donors (Lipinski definition) is 0. The molecule has 1 aromatic heterocycles. The van der Waals surface area contributed by atoms with E-state index in [0.717, 1.165) is 24.2 Å². The van der Waals surface area contributed by atoms with Gasteiger partial charge in [0.1, 0.15) is 0 Å². The average molecular weight is 355 g/mol. The lowest BCUT2D eigenvalue weighted by Gasteiger charge is -2.52. The largest absolute Gasteiger partial charge is 0.372 e. The van der Waals surface area contributed by atoms with Crippen molar-refractivity contribution in [2.75, 3.05) is 33.8 Å². The van der Waals surface area contributed by atoms with Crippen molar-refractivity contribution in [1.82, 2.24) is 13.6 Å². The highest BCUT2D eigenvalue weighted by atomic mass is 32.2. The molecule has 0 bridgehead atoms. The summed E-state index contributed by atoms with van der Waals surface area (Å²) in [4.78, 5) is 4.44. The van der Waals surface area contributed by atoms with Crippen LogP contribution in [-0.4, -0.2) is 67.5 Å². The first-order valence-corrected chi connectivity index (χ1v) is 9.56. The third-order valence-electron chi connectivity index (χ3n) is 4.58. The lowest BCUT2D eigenvalue weighted by Crippen LogP contribution is -2.68. The first-order valence-electron chi connectivity index (χ1n) is 8.16. The van der Waals surface area contributed by atoms with E-state index in [1.165, 1.54) is 8.61 Å². The number of rotatable bonds is 5. The summed E-state index contributed by atoms with van der Waals surface area (Å²) in [5.41, 5.74) is 1.50. The molecule has 3 rings (SSSR count). The molecule has 0 radical (unpaired) electrons. The van der Waals surface area contributed by atoms with Crippen LogP contribution in [-0.2, 0) is 26.3 Å². The maximum atomic E-state index is 12.1. The number of aromatic nitrogens is 1. The summed E-state index contributed by atoms with van der Waals surface area (Å²) in [6, 6.07) is 5.89. The van der Waals surface area contributed by atoms with E-state index in [4.69, 9.17) is 9.47 Å². The normalized spacial score (nSPS) is 24.2. The number of ether oxygens (including phenoxy) is 2. The number of aryl methyl sites for hydroxylation is 1. The molecule has 0 saturated carbocycles. The van der Waals surface area contributed by atoms with Crippen molar-refractivity contribution in [3.05, 3.63) is 29.6 Å². The molecule has 1 spiro atoms. The summed E-state index contributed by atoms with van der Waals surface area (Å²) in [6.45, 7) is 3.83. The molecule has 0 amide bonds. The predicted molar refractivity (Wildman–Crippen MR) is 89.6 cm³/mol. The molecule has 1 aromatic rings. The Hall–Kier alpha value is -1.06. The Kier molecular flexibility index (Phi) is 4.94. The third kappa shape index (κ3) is 3.62. The van der Waals surface area contributed by atoms with Gasteiger partial charge in [-0.05, 0) is 25.5 Å². The van der Waals surface area contributed by atoms with Crippen LogP contribution < -0.4 is 0 Å². The van der Waals surface area contributed by atoms with E-state index in [1.807, 2.05) is 25.1 Å². The molecule has 7 nitrogen and oxygen atoms in total. The van der Waals surface area contributed by atoms with Gasteiger partial charge < -0.3 is 9.47 Å². The van der Waals surface area contributed by atoms with Gasteiger partial charge in [0.2, 0.25) is 0 Å². The Morgan fingerprint density at radius 2 is 2.17 bits per heavy atom. The maximum absolute atomic E-state index is 12.1. The van der Waals surface area contributed by atoms with Crippen LogP contribution in [0.1, 0.15) is 24.2 Å². The van der Waals surface area contributed by atoms with Crippen molar-refractivity contribution in [3.8, 4) is 0 Å². The summed E-state index contributed by atoms with van der Waals surface area (Å²) >= 11 is 0. The Morgan fingerprint density at radius 1 is 1.42 bits per heavy atom.